The van der Waals surface area contributed by atoms with Crippen molar-refractivity contribution in [1.82, 2.24) is 10.2 Å². The van der Waals surface area contributed by atoms with E-state index in [1.165, 1.54) is 14.2 Å². The molecule has 6 nitrogen and oxygen atoms in total. The van der Waals surface area contributed by atoms with Gasteiger partial charge in [-0.25, -0.2) is 4.79 Å². The molecule has 1 aliphatic heterocycles. The number of amides is 2. The molecule has 0 unspecified atom stereocenters. The van der Waals surface area contributed by atoms with Gasteiger partial charge in [0.1, 0.15) is 0 Å². The van der Waals surface area contributed by atoms with Gasteiger partial charge < -0.3 is 24.8 Å². The smallest absolute Gasteiger partial charge is 0.420 e. The van der Waals surface area contributed by atoms with Gasteiger partial charge in [0.2, 0.25) is 0 Å². The molecule has 1 aromatic carbocycles. The molecule has 0 saturated carbocycles. The van der Waals surface area contributed by atoms with Crippen molar-refractivity contribution < 1.29 is 32.5 Å². The Morgan fingerprint density at radius 3 is 2.54 bits per heavy atom. The normalized spacial score (nSPS) is 16.3. The average Bonchev–Trinajstić information content (AvgIpc) is 2.50. The third-order valence-corrected chi connectivity index (χ3v) is 3.87. The van der Waals surface area contributed by atoms with Crippen molar-refractivity contribution in [3.63, 3.8) is 0 Å². The zero-order valence-electron chi connectivity index (χ0n) is 13.3. The number of rotatable bonds is 5. The molecule has 1 heterocycles. The van der Waals surface area contributed by atoms with Crippen molar-refractivity contribution in [1.29, 1.82) is 0 Å². The maximum atomic E-state index is 12.5. The number of methoxy groups -OCH3 is 2. The fourth-order valence-corrected chi connectivity index (χ4v) is 2.47. The SMILES string of the molecule is COc1cccc(CCNC(=O)N2CC(O)(C(F)(F)F)C2)c1OC. The summed E-state index contributed by atoms with van der Waals surface area (Å²) in [6, 6.07) is 4.67. The largest absolute Gasteiger partial charge is 0.493 e. The lowest BCUT2D eigenvalue weighted by molar-refractivity contribution is -0.294. The number of para-hydroxylation sites is 1. The van der Waals surface area contributed by atoms with Gasteiger partial charge in [0.25, 0.3) is 0 Å². The van der Waals surface area contributed by atoms with Crippen molar-refractivity contribution in [2.45, 2.75) is 18.2 Å². The van der Waals surface area contributed by atoms with E-state index in [4.69, 9.17) is 9.47 Å². The quantitative estimate of drug-likeness (QED) is 0.847. The van der Waals surface area contributed by atoms with Crippen molar-refractivity contribution in [2.24, 2.45) is 0 Å². The number of alkyl halides is 3. The van der Waals surface area contributed by atoms with Gasteiger partial charge in [-0.2, -0.15) is 13.2 Å². The predicted molar refractivity (Wildman–Crippen MR) is 79.2 cm³/mol. The van der Waals surface area contributed by atoms with Crippen molar-refractivity contribution >= 4 is 6.03 Å². The van der Waals surface area contributed by atoms with Gasteiger partial charge in [-0.3, -0.25) is 0 Å². The van der Waals surface area contributed by atoms with Crippen LogP contribution in [0.4, 0.5) is 18.0 Å². The number of urea groups is 1. The van der Waals surface area contributed by atoms with Crippen molar-refractivity contribution in [2.75, 3.05) is 33.9 Å². The third-order valence-electron chi connectivity index (χ3n) is 3.87. The zero-order chi connectivity index (χ0) is 18.0. The van der Waals surface area contributed by atoms with Crippen LogP contribution >= 0.6 is 0 Å². The molecule has 24 heavy (non-hydrogen) atoms. The van der Waals surface area contributed by atoms with Gasteiger partial charge in [0, 0.05) is 6.54 Å². The summed E-state index contributed by atoms with van der Waals surface area (Å²) in [4.78, 5) is 12.7. The molecule has 0 aromatic heterocycles. The molecule has 0 radical (unpaired) electrons. The summed E-state index contributed by atoms with van der Waals surface area (Å²) in [7, 11) is 3.01. The maximum absolute atomic E-state index is 12.5. The molecule has 1 aromatic rings. The molecule has 0 spiro atoms. The minimum Gasteiger partial charge on any atom is -0.493 e. The first-order valence-corrected chi connectivity index (χ1v) is 7.23. The molecule has 0 bridgehead atoms. The van der Waals surface area contributed by atoms with Crippen LogP contribution in [0.15, 0.2) is 18.2 Å². The Kier molecular flexibility index (Phi) is 5.12. The number of benzene rings is 1. The van der Waals surface area contributed by atoms with Crippen LogP contribution in [-0.2, 0) is 6.42 Å². The first-order valence-electron chi connectivity index (χ1n) is 7.23. The standard InChI is InChI=1S/C15H19F3N2O4/c1-23-11-5-3-4-10(12(11)24-2)6-7-19-13(21)20-8-14(22,9-20)15(16,17)18/h3-5,22H,6-9H2,1-2H3,(H,19,21). The molecular weight excluding hydrogens is 329 g/mol. The fraction of sp³-hybridized carbons (Fsp3) is 0.533. The summed E-state index contributed by atoms with van der Waals surface area (Å²) >= 11 is 0. The minimum absolute atomic E-state index is 0.212. The number of aliphatic hydroxyl groups is 1. The second-order valence-electron chi connectivity index (χ2n) is 5.52. The van der Waals surface area contributed by atoms with E-state index in [0.29, 0.717) is 17.9 Å². The number of likely N-dealkylation sites (tertiary alicyclic amines) is 1. The molecule has 9 heteroatoms. The van der Waals surface area contributed by atoms with E-state index in [0.717, 1.165) is 10.5 Å². The molecule has 1 aliphatic rings. The summed E-state index contributed by atoms with van der Waals surface area (Å²) in [5, 5.41) is 11.8. The number of ether oxygens (including phenoxy) is 2. The molecular formula is C15H19F3N2O4. The number of nitrogens with zero attached hydrogens (tertiary/aromatic N) is 1. The lowest BCUT2D eigenvalue weighted by atomic mass is 9.94. The van der Waals surface area contributed by atoms with Gasteiger partial charge in [-0.1, -0.05) is 12.1 Å². The van der Waals surface area contributed by atoms with Crippen LogP contribution in [0.2, 0.25) is 0 Å². The monoisotopic (exact) mass is 348 g/mol. The van der Waals surface area contributed by atoms with E-state index >= 15 is 0 Å². The zero-order valence-corrected chi connectivity index (χ0v) is 13.3. The Bertz CT molecular complexity index is 601. The highest BCUT2D eigenvalue weighted by Crippen LogP contribution is 2.37. The Morgan fingerprint density at radius 1 is 1.33 bits per heavy atom. The second-order valence-corrected chi connectivity index (χ2v) is 5.52. The van der Waals surface area contributed by atoms with Crippen LogP contribution in [0.1, 0.15) is 5.56 Å². The van der Waals surface area contributed by atoms with E-state index in [2.05, 4.69) is 5.32 Å². The molecule has 0 atom stereocenters. The lowest BCUT2D eigenvalue weighted by Crippen LogP contribution is -2.71. The van der Waals surface area contributed by atoms with Crippen LogP contribution in [0, 0.1) is 0 Å². The Balaban J connectivity index is 1.85. The third kappa shape index (κ3) is 3.50. The fourth-order valence-electron chi connectivity index (χ4n) is 2.47. The van der Waals surface area contributed by atoms with Crippen molar-refractivity contribution in [3.05, 3.63) is 23.8 Å². The van der Waals surface area contributed by atoms with E-state index in [1.807, 2.05) is 0 Å². The topological polar surface area (TPSA) is 71.0 Å². The van der Waals surface area contributed by atoms with Crippen LogP contribution < -0.4 is 14.8 Å². The highest BCUT2D eigenvalue weighted by Gasteiger charge is 2.62. The Hall–Kier alpha value is -2.16. The maximum Gasteiger partial charge on any atom is 0.420 e. The first-order chi connectivity index (χ1) is 11.2. The molecule has 2 amide bonds. The minimum atomic E-state index is -4.74. The van der Waals surface area contributed by atoms with E-state index in [9.17, 15) is 23.1 Å². The number of hydrogen-bond donors (Lipinski definition) is 2. The highest BCUT2D eigenvalue weighted by molar-refractivity contribution is 5.75. The van der Waals surface area contributed by atoms with Crippen LogP contribution in [0.5, 0.6) is 11.5 Å². The predicted octanol–water partition coefficient (Wildman–Crippen LogP) is 1.56. The molecule has 2 rings (SSSR count). The Morgan fingerprint density at radius 2 is 2.00 bits per heavy atom. The van der Waals surface area contributed by atoms with E-state index < -0.39 is 30.9 Å². The number of carbonyl (C=O) groups excluding carboxylic acids is 1. The van der Waals surface area contributed by atoms with E-state index in [-0.39, 0.29) is 6.54 Å². The lowest BCUT2D eigenvalue weighted by Gasteiger charge is -2.46. The van der Waals surface area contributed by atoms with Gasteiger partial charge >= 0.3 is 12.2 Å². The second kappa shape index (κ2) is 6.76. The van der Waals surface area contributed by atoms with Crippen LogP contribution in [0.3, 0.4) is 0 Å². The van der Waals surface area contributed by atoms with Gasteiger partial charge in [-0.15, -0.1) is 0 Å². The average molecular weight is 348 g/mol. The van der Waals surface area contributed by atoms with Crippen LogP contribution in [0.25, 0.3) is 0 Å². The summed E-state index contributed by atoms with van der Waals surface area (Å²) in [5.41, 5.74) is -2.01. The molecule has 1 fully saturated rings. The highest BCUT2D eigenvalue weighted by atomic mass is 19.4. The number of hydrogen-bond acceptors (Lipinski definition) is 4. The van der Waals surface area contributed by atoms with E-state index in [1.54, 1.807) is 18.2 Å². The van der Waals surface area contributed by atoms with Gasteiger partial charge in [-0.05, 0) is 18.1 Å². The molecule has 0 aliphatic carbocycles. The molecule has 2 N–H and O–H groups in total. The first kappa shape index (κ1) is 18.2. The van der Waals surface area contributed by atoms with Crippen molar-refractivity contribution in [3.8, 4) is 11.5 Å². The summed E-state index contributed by atoms with van der Waals surface area (Å²) < 4.78 is 48.0. The summed E-state index contributed by atoms with van der Waals surface area (Å²) in [6.07, 6.45) is -4.32. The van der Waals surface area contributed by atoms with Gasteiger partial charge in [0.15, 0.2) is 17.1 Å². The number of carbonyl (C=O) groups is 1. The molecule has 1 saturated heterocycles. The van der Waals surface area contributed by atoms with Gasteiger partial charge in [0.05, 0.1) is 27.3 Å². The number of β-amino-alcohol motifs (C(OH)–C–C–N with tert-alkyl or cyclic N) is 1. The molecule has 134 valence electrons. The summed E-state index contributed by atoms with van der Waals surface area (Å²) in [5.74, 6) is 1.10. The number of nitrogens with one attached hydrogen (secondary N) is 1. The number of halogens is 3. The Labute approximate surface area is 137 Å². The summed E-state index contributed by atoms with van der Waals surface area (Å²) in [6.45, 7) is -1.31. The van der Waals surface area contributed by atoms with Crippen LogP contribution in [-0.4, -0.2) is 61.7 Å².